The van der Waals surface area contributed by atoms with Crippen molar-refractivity contribution in [2.24, 2.45) is 0 Å². The Kier molecular flexibility index (Phi) is 3.66. The highest BCUT2D eigenvalue weighted by Gasteiger charge is 2.19. The van der Waals surface area contributed by atoms with Crippen LogP contribution in [-0.4, -0.2) is 14.5 Å². The maximum absolute atomic E-state index is 12.9. The molecule has 0 aromatic heterocycles. The predicted octanol–water partition coefficient (Wildman–Crippen LogP) is 1.26. The van der Waals surface area contributed by atoms with Crippen molar-refractivity contribution < 1.29 is 12.8 Å². The minimum Gasteiger partial charge on any atom is -0.398 e. The standard InChI is InChI=1S/C10H13FN2O2S/c1-3-7(2)13-16(14,15)10-6-8(11)4-5-9(10)12/h3-7,13H,1,12H2,2H3. The zero-order chi connectivity index (χ0) is 12.3. The van der Waals surface area contributed by atoms with Gasteiger partial charge in [0.25, 0.3) is 0 Å². The number of hydrogen-bond donors (Lipinski definition) is 2. The molecule has 0 radical (unpaired) electrons. The molecular formula is C10H13FN2O2S. The Morgan fingerprint density at radius 3 is 2.75 bits per heavy atom. The molecule has 88 valence electrons. The molecule has 3 N–H and O–H groups in total. The van der Waals surface area contributed by atoms with Gasteiger partial charge in [0.2, 0.25) is 10.0 Å². The van der Waals surface area contributed by atoms with Crippen molar-refractivity contribution >= 4 is 15.7 Å². The summed E-state index contributed by atoms with van der Waals surface area (Å²) in [5.41, 5.74) is 5.49. The first-order valence-electron chi connectivity index (χ1n) is 4.56. The number of rotatable bonds is 4. The van der Waals surface area contributed by atoms with Crippen LogP contribution in [0.25, 0.3) is 0 Å². The number of benzene rings is 1. The normalized spacial score (nSPS) is 13.4. The molecule has 0 aliphatic rings. The molecule has 4 nitrogen and oxygen atoms in total. The third kappa shape index (κ3) is 2.80. The van der Waals surface area contributed by atoms with Crippen LogP contribution in [-0.2, 0) is 10.0 Å². The topological polar surface area (TPSA) is 72.2 Å². The van der Waals surface area contributed by atoms with E-state index in [2.05, 4.69) is 11.3 Å². The van der Waals surface area contributed by atoms with Crippen LogP contribution in [0.1, 0.15) is 6.92 Å². The molecule has 0 saturated carbocycles. The third-order valence-electron chi connectivity index (χ3n) is 1.96. The molecular weight excluding hydrogens is 231 g/mol. The lowest BCUT2D eigenvalue weighted by molar-refractivity contribution is 0.573. The Morgan fingerprint density at radius 2 is 2.19 bits per heavy atom. The first-order valence-corrected chi connectivity index (χ1v) is 6.05. The van der Waals surface area contributed by atoms with Crippen molar-refractivity contribution in [2.75, 3.05) is 5.73 Å². The minimum atomic E-state index is -3.81. The van der Waals surface area contributed by atoms with Gasteiger partial charge in [0.1, 0.15) is 10.7 Å². The number of hydrogen-bond acceptors (Lipinski definition) is 3. The number of nitrogens with one attached hydrogen (secondary N) is 1. The molecule has 1 aromatic rings. The minimum absolute atomic E-state index is 0.00478. The van der Waals surface area contributed by atoms with Crippen molar-refractivity contribution in [1.29, 1.82) is 0 Å². The first kappa shape index (κ1) is 12.7. The van der Waals surface area contributed by atoms with Crippen LogP contribution in [0.3, 0.4) is 0 Å². The zero-order valence-electron chi connectivity index (χ0n) is 8.77. The monoisotopic (exact) mass is 244 g/mol. The molecule has 1 rings (SSSR count). The zero-order valence-corrected chi connectivity index (χ0v) is 9.59. The average molecular weight is 244 g/mol. The van der Waals surface area contributed by atoms with Gasteiger partial charge in [-0.3, -0.25) is 0 Å². The van der Waals surface area contributed by atoms with Crippen LogP contribution in [0.15, 0.2) is 35.7 Å². The fourth-order valence-corrected chi connectivity index (χ4v) is 2.46. The van der Waals surface area contributed by atoms with Crippen LogP contribution < -0.4 is 10.5 Å². The molecule has 0 heterocycles. The Morgan fingerprint density at radius 1 is 1.56 bits per heavy atom. The molecule has 0 aliphatic carbocycles. The molecule has 1 atom stereocenters. The van der Waals surface area contributed by atoms with Crippen molar-refractivity contribution in [3.05, 3.63) is 36.7 Å². The van der Waals surface area contributed by atoms with E-state index in [0.29, 0.717) is 0 Å². The Hall–Kier alpha value is -1.40. The van der Waals surface area contributed by atoms with E-state index < -0.39 is 21.9 Å². The molecule has 0 spiro atoms. The van der Waals surface area contributed by atoms with Gasteiger partial charge < -0.3 is 5.73 Å². The second kappa shape index (κ2) is 4.63. The van der Waals surface area contributed by atoms with E-state index >= 15 is 0 Å². The van der Waals surface area contributed by atoms with E-state index in [1.807, 2.05) is 0 Å². The third-order valence-corrected chi connectivity index (χ3v) is 3.57. The van der Waals surface area contributed by atoms with Crippen molar-refractivity contribution in [2.45, 2.75) is 17.9 Å². The number of halogens is 1. The van der Waals surface area contributed by atoms with Crippen LogP contribution >= 0.6 is 0 Å². The first-order chi connectivity index (χ1) is 7.36. The smallest absolute Gasteiger partial charge is 0.243 e. The lowest BCUT2D eigenvalue weighted by Crippen LogP contribution is -2.31. The van der Waals surface area contributed by atoms with Crippen molar-refractivity contribution in [1.82, 2.24) is 4.72 Å². The van der Waals surface area contributed by atoms with Gasteiger partial charge in [0.05, 0.1) is 5.69 Å². The molecule has 1 aromatic carbocycles. The van der Waals surface area contributed by atoms with Crippen molar-refractivity contribution in [3.63, 3.8) is 0 Å². The van der Waals surface area contributed by atoms with Crippen LogP contribution in [0, 0.1) is 5.82 Å². The Labute approximate surface area is 94.0 Å². The number of anilines is 1. The number of nitrogens with two attached hydrogens (primary N) is 1. The summed E-state index contributed by atoms with van der Waals surface area (Å²) in [5, 5.41) is 0. The predicted molar refractivity (Wildman–Crippen MR) is 60.8 cm³/mol. The molecule has 6 heteroatoms. The van der Waals surface area contributed by atoms with Gasteiger partial charge in [-0.1, -0.05) is 6.08 Å². The second-order valence-electron chi connectivity index (χ2n) is 3.33. The maximum atomic E-state index is 12.9. The maximum Gasteiger partial charge on any atom is 0.243 e. The van der Waals surface area contributed by atoms with Crippen LogP contribution in [0.2, 0.25) is 0 Å². The summed E-state index contributed by atoms with van der Waals surface area (Å²) in [6.07, 6.45) is 1.42. The lowest BCUT2D eigenvalue weighted by atomic mass is 10.3. The van der Waals surface area contributed by atoms with Gasteiger partial charge >= 0.3 is 0 Å². The molecule has 0 bridgehead atoms. The van der Waals surface area contributed by atoms with Crippen LogP contribution in [0.5, 0.6) is 0 Å². The Bertz CT molecular complexity index is 500. The fraction of sp³-hybridized carbons (Fsp3) is 0.200. The quantitative estimate of drug-likeness (QED) is 0.618. The largest absolute Gasteiger partial charge is 0.398 e. The number of sulfonamides is 1. The Balaban J connectivity index is 3.16. The van der Waals surface area contributed by atoms with E-state index in [1.54, 1.807) is 6.92 Å². The van der Waals surface area contributed by atoms with E-state index in [-0.39, 0.29) is 10.6 Å². The summed E-state index contributed by atoms with van der Waals surface area (Å²) >= 11 is 0. The summed E-state index contributed by atoms with van der Waals surface area (Å²) < 4.78 is 38.8. The number of nitrogen functional groups attached to an aromatic ring is 1. The van der Waals surface area contributed by atoms with E-state index in [0.717, 1.165) is 12.1 Å². The molecule has 0 aliphatic heterocycles. The average Bonchev–Trinajstić information content (AvgIpc) is 2.20. The van der Waals surface area contributed by atoms with Gasteiger partial charge in [0.15, 0.2) is 0 Å². The van der Waals surface area contributed by atoms with Gasteiger partial charge in [-0.15, -0.1) is 6.58 Å². The highest BCUT2D eigenvalue weighted by Crippen LogP contribution is 2.19. The summed E-state index contributed by atoms with van der Waals surface area (Å²) in [4.78, 5) is -0.263. The van der Waals surface area contributed by atoms with E-state index in [9.17, 15) is 12.8 Å². The van der Waals surface area contributed by atoms with Gasteiger partial charge in [-0.2, -0.15) is 0 Å². The van der Waals surface area contributed by atoms with E-state index in [4.69, 9.17) is 5.73 Å². The summed E-state index contributed by atoms with van der Waals surface area (Å²) in [7, 11) is -3.81. The second-order valence-corrected chi connectivity index (χ2v) is 5.01. The summed E-state index contributed by atoms with van der Waals surface area (Å²) in [6, 6.07) is 2.74. The highest BCUT2D eigenvalue weighted by atomic mass is 32.2. The lowest BCUT2D eigenvalue weighted by Gasteiger charge is -2.11. The van der Waals surface area contributed by atoms with Crippen molar-refractivity contribution in [3.8, 4) is 0 Å². The molecule has 16 heavy (non-hydrogen) atoms. The SMILES string of the molecule is C=CC(C)NS(=O)(=O)c1cc(F)ccc1N. The van der Waals surface area contributed by atoms with Gasteiger partial charge in [-0.05, 0) is 25.1 Å². The molecule has 0 fully saturated rings. The fourth-order valence-electron chi connectivity index (χ4n) is 1.10. The molecule has 1 unspecified atom stereocenters. The highest BCUT2D eigenvalue weighted by molar-refractivity contribution is 7.89. The van der Waals surface area contributed by atoms with Gasteiger partial charge in [0, 0.05) is 6.04 Å². The van der Waals surface area contributed by atoms with E-state index in [1.165, 1.54) is 12.1 Å². The van der Waals surface area contributed by atoms with Gasteiger partial charge in [-0.25, -0.2) is 17.5 Å². The van der Waals surface area contributed by atoms with Crippen LogP contribution in [0.4, 0.5) is 10.1 Å². The molecule has 0 amide bonds. The molecule has 0 saturated heterocycles. The summed E-state index contributed by atoms with van der Waals surface area (Å²) in [6.45, 7) is 5.06. The summed E-state index contributed by atoms with van der Waals surface area (Å²) in [5.74, 6) is -0.652.